The summed E-state index contributed by atoms with van der Waals surface area (Å²) in [6.07, 6.45) is 0.990. The highest BCUT2D eigenvalue weighted by Gasteiger charge is 2.02. The Hall–Kier alpha value is -0.810. The highest BCUT2D eigenvalue weighted by Crippen LogP contribution is 2.17. The van der Waals surface area contributed by atoms with Crippen molar-refractivity contribution in [3.8, 4) is 0 Å². The first kappa shape index (κ1) is 9.28. The van der Waals surface area contributed by atoms with Crippen molar-refractivity contribution >= 4 is 15.9 Å². The van der Waals surface area contributed by atoms with E-state index in [2.05, 4.69) is 33.8 Å². The van der Waals surface area contributed by atoms with Gasteiger partial charge in [-0.2, -0.15) is 0 Å². The molecule has 0 saturated carbocycles. The van der Waals surface area contributed by atoms with Crippen molar-refractivity contribution in [2.75, 3.05) is 0 Å². The van der Waals surface area contributed by atoms with Gasteiger partial charge in [0, 0.05) is 10.0 Å². The molecule has 0 amide bonds. The minimum Gasteiger partial charge on any atom is -0.312 e. The molecule has 0 heterocycles. The Bertz CT molecular complexity index is 312. The molecule has 1 aromatic carbocycles. The molecule has 0 saturated heterocycles. The van der Waals surface area contributed by atoms with Gasteiger partial charge in [0.15, 0.2) is 0 Å². The average molecular weight is 224 g/mol. The minimum absolute atomic E-state index is 0.496. The van der Waals surface area contributed by atoms with E-state index in [1.807, 2.05) is 12.1 Å². The van der Waals surface area contributed by atoms with E-state index in [9.17, 15) is 0 Å². The molecular formula is C10H10BrN. The summed E-state index contributed by atoms with van der Waals surface area (Å²) in [6, 6.07) is 6.08. The van der Waals surface area contributed by atoms with Crippen LogP contribution in [0.4, 0.5) is 0 Å². The molecule has 0 fully saturated rings. The van der Waals surface area contributed by atoms with E-state index in [-0.39, 0.29) is 0 Å². The van der Waals surface area contributed by atoms with E-state index < -0.39 is 0 Å². The van der Waals surface area contributed by atoms with Gasteiger partial charge in [0.25, 0.3) is 0 Å². The molecule has 0 spiro atoms. The molecule has 0 bridgehead atoms. The van der Waals surface area contributed by atoms with E-state index >= 15 is 0 Å². The SMILES string of the molecule is [C-]#[N+]Cc1ccc(Br)cc1CC. The first-order valence-corrected chi connectivity index (χ1v) is 4.67. The maximum atomic E-state index is 6.78. The van der Waals surface area contributed by atoms with Crippen molar-refractivity contribution in [3.63, 3.8) is 0 Å². The fourth-order valence-corrected chi connectivity index (χ4v) is 1.57. The van der Waals surface area contributed by atoms with E-state index in [0.29, 0.717) is 6.54 Å². The van der Waals surface area contributed by atoms with Crippen molar-refractivity contribution < 1.29 is 0 Å². The molecule has 1 nitrogen and oxygen atoms in total. The summed E-state index contributed by atoms with van der Waals surface area (Å²) in [5.74, 6) is 0. The summed E-state index contributed by atoms with van der Waals surface area (Å²) in [5.41, 5.74) is 2.41. The summed E-state index contributed by atoms with van der Waals surface area (Å²) in [7, 11) is 0. The molecule has 0 aromatic heterocycles. The highest BCUT2D eigenvalue weighted by molar-refractivity contribution is 9.10. The number of nitrogens with zero attached hydrogens (tertiary/aromatic N) is 1. The quantitative estimate of drug-likeness (QED) is 0.678. The second-order valence-corrected chi connectivity index (χ2v) is 3.50. The molecule has 0 aliphatic heterocycles. The normalized spacial score (nSPS) is 9.42. The van der Waals surface area contributed by atoms with Gasteiger partial charge in [0.1, 0.15) is 0 Å². The van der Waals surface area contributed by atoms with Crippen molar-refractivity contribution in [2.24, 2.45) is 0 Å². The Balaban J connectivity index is 3.04. The zero-order valence-corrected chi connectivity index (χ0v) is 8.56. The molecule has 0 aliphatic rings. The Morgan fingerprint density at radius 2 is 2.17 bits per heavy atom. The van der Waals surface area contributed by atoms with Gasteiger partial charge in [-0.25, -0.2) is 6.57 Å². The lowest BCUT2D eigenvalue weighted by Gasteiger charge is -2.01. The molecule has 62 valence electrons. The first-order valence-electron chi connectivity index (χ1n) is 3.88. The van der Waals surface area contributed by atoms with Crippen LogP contribution in [-0.4, -0.2) is 0 Å². The number of benzene rings is 1. The molecule has 0 unspecified atom stereocenters. The van der Waals surface area contributed by atoms with E-state index in [1.165, 1.54) is 5.56 Å². The lowest BCUT2D eigenvalue weighted by molar-refractivity contribution is 1.07. The van der Waals surface area contributed by atoms with E-state index in [4.69, 9.17) is 6.57 Å². The van der Waals surface area contributed by atoms with Crippen molar-refractivity contribution in [3.05, 3.63) is 45.2 Å². The molecule has 2 heteroatoms. The Morgan fingerprint density at radius 1 is 1.42 bits per heavy atom. The van der Waals surface area contributed by atoms with E-state index in [1.54, 1.807) is 0 Å². The molecule has 0 atom stereocenters. The van der Waals surface area contributed by atoms with Crippen molar-refractivity contribution in [1.82, 2.24) is 0 Å². The van der Waals surface area contributed by atoms with Crippen molar-refractivity contribution in [1.29, 1.82) is 0 Å². The topological polar surface area (TPSA) is 4.36 Å². The van der Waals surface area contributed by atoms with Crippen molar-refractivity contribution in [2.45, 2.75) is 19.9 Å². The molecule has 1 aromatic rings. The van der Waals surface area contributed by atoms with Gasteiger partial charge in [-0.1, -0.05) is 28.9 Å². The van der Waals surface area contributed by atoms with Crippen LogP contribution in [0.25, 0.3) is 4.85 Å². The number of aryl methyl sites for hydroxylation is 1. The van der Waals surface area contributed by atoms with E-state index in [0.717, 1.165) is 16.5 Å². The van der Waals surface area contributed by atoms with Gasteiger partial charge in [-0.05, 0) is 24.1 Å². The lowest BCUT2D eigenvalue weighted by atomic mass is 10.1. The zero-order chi connectivity index (χ0) is 8.97. The van der Waals surface area contributed by atoms with Gasteiger partial charge in [-0.15, -0.1) is 0 Å². The summed E-state index contributed by atoms with van der Waals surface area (Å²) in [4.78, 5) is 3.38. The van der Waals surface area contributed by atoms with Crippen LogP contribution in [0.5, 0.6) is 0 Å². The van der Waals surface area contributed by atoms with Crippen LogP contribution in [0.2, 0.25) is 0 Å². The number of rotatable bonds is 2. The first-order chi connectivity index (χ1) is 5.77. The second-order valence-electron chi connectivity index (χ2n) is 2.58. The van der Waals surface area contributed by atoms with Crippen LogP contribution in [0, 0.1) is 6.57 Å². The van der Waals surface area contributed by atoms with Crippen LogP contribution in [0.15, 0.2) is 22.7 Å². The highest BCUT2D eigenvalue weighted by atomic mass is 79.9. The summed E-state index contributed by atoms with van der Waals surface area (Å²) in [6.45, 7) is 9.38. The Kier molecular flexibility index (Phi) is 3.31. The third-order valence-corrected chi connectivity index (χ3v) is 2.29. The molecule has 0 aliphatic carbocycles. The molecule has 1 rings (SSSR count). The predicted octanol–water partition coefficient (Wildman–Crippen LogP) is 3.43. The zero-order valence-electron chi connectivity index (χ0n) is 6.97. The van der Waals surface area contributed by atoms with Crippen LogP contribution in [0.3, 0.4) is 0 Å². The summed E-state index contributed by atoms with van der Waals surface area (Å²) >= 11 is 3.41. The lowest BCUT2D eigenvalue weighted by Crippen LogP contribution is -1.89. The van der Waals surface area contributed by atoms with Gasteiger partial charge >= 0.3 is 0 Å². The number of hydrogen-bond acceptors (Lipinski definition) is 0. The van der Waals surface area contributed by atoms with Crippen LogP contribution in [0.1, 0.15) is 18.1 Å². The number of halogens is 1. The maximum absolute atomic E-state index is 6.78. The second kappa shape index (κ2) is 4.27. The largest absolute Gasteiger partial charge is 0.312 e. The molecule has 12 heavy (non-hydrogen) atoms. The summed E-state index contributed by atoms with van der Waals surface area (Å²) in [5, 5.41) is 0. The summed E-state index contributed by atoms with van der Waals surface area (Å²) < 4.78 is 1.09. The monoisotopic (exact) mass is 223 g/mol. The van der Waals surface area contributed by atoms with Gasteiger partial charge in [0.05, 0.1) is 0 Å². The molecule has 0 radical (unpaired) electrons. The predicted molar refractivity (Wildman–Crippen MR) is 53.8 cm³/mol. The Labute approximate surface area is 81.4 Å². The fourth-order valence-electron chi connectivity index (χ4n) is 1.16. The third-order valence-electron chi connectivity index (χ3n) is 1.80. The molecule has 0 N–H and O–H groups in total. The average Bonchev–Trinajstić information content (AvgIpc) is 2.08. The van der Waals surface area contributed by atoms with Crippen LogP contribution >= 0.6 is 15.9 Å². The standard InChI is InChI=1S/C10H10BrN/c1-3-8-6-10(11)5-4-9(8)7-12-2/h4-6H,3,7H2,1H3. The van der Waals surface area contributed by atoms with Gasteiger partial charge < -0.3 is 4.85 Å². The fraction of sp³-hybridized carbons (Fsp3) is 0.300. The minimum atomic E-state index is 0.496. The van der Waals surface area contributed by atoms with Crippen LogP contribution in [-0.2, 0) is 13.0 Å². The third kappa shape index (κ3) is 2.09. The van der Waals surface area contributed by atoms with Crippen LogP contribution < -0.4 is 0 Å². The maximum Gasteiger partial charge on any atom is 0.240 e. The molecular weight excluding hydrogens is 214 g/mol. The van der Waals surface area contributed by atoms with Gasteiger partial charge in [-0.3, -0.25) is 0 Å². The Morgan fingerprint density at radius 3 is 2.75 bits per heavy atom. The smallest absolute Gasteiger partial charge is 0.240 e. The van der Waals surface area contributed by atoms with Gasteiger partial charge in [0.2, 0.25) is 6.54 Å². The number of hydrogen-bond donors (Lipinski definition) is 0.